The van der Waals surface area contributed by atoms with Gasteiger partial charge in [0.15, 0.2) is 0 Å². The van der Waals surface area contributed by atoms with Crippen LogP contribution in [0.25, 0.3) is 0 Å². The lowest BCUT2D eigenvalue weighted by atomic mass is 10.2. The van der Waals surface area contributed by atoms with Crippen molar-refractivity contribution in [1.82, 2.24) is 10.2 Å². The molecule has 7 heteroatoms. The molecule has 146 valence electrons. The Morgan fingerprint density at radius 1 is 0.963 bits per heavy atom. The van der Waals surface area contributed by atoms with Crippen LogP contribution in [0, 0.1) is 6.92 Å². The third-order valence-electron chi connectivity index (χ3n) is 4.34. The highest BCUT2D eigenvalue weighted by atomic mass is 32.2. The van der Waals surface area contributed by atoms with Gasteiger partial charge in [0.25, 0.3) is 15.9 Å². The maximum absolute atomic E-state index is 12.4. The second kappa shape index (κ2) is 9.53. The van der Waals surface area contributed by atoms with Gasteiger partial charge in [0, 0.05) is 24.3 Å². The number of aryl methyl sites for hydroxylation is 1. The van der Waals surface area contributed by atoms with Gasteiger partial charge in [-0.3, -0.25) is 9.52 Å². The SMILES string of the molecule is CCN(CC)CCNC(=O)c1ccc(NS(=O)(=O)c2ccc(C)cc2)cc1. The van der Waals surface area contributed by atoms with E-state index in [1.165, 1.54) is 0 Å². The molecule has 0 aromatic heterocycles. The third kappa shape index (κ3) is 6.08. The van der Waals surface area contributed by atoms with Crippen LogP contribution in [0.5, 0.6) is 0 Å². The molecule has 0 fully saturated rings. The van der Waals surface area contributed by atoms with E-state index in [0.29, 0.717) is 17.8 Å². The van der Waals surface area contributed by atoms with Crippen LogP contribution in [-0.4, -0.2) is 45.4 Å². The largest absolute Gasteiger partial charge is 0.351 e. The van der Waals surface area contributed by atoms with E-state index in [1.54, 1.807) is 48.5 Å². The van der Waals surface area contributed by atoms with Gasteiger partial charge in [0.05, 0.1) is 4.90 Å². The van der Waals surface area contributed by atoms with Gasteiger partial charge in [0.2, 0.25) is 0 Å². The average Bonchev–Trinajstić information content (AvgIpc) is 2.66. The molecule has 0 heterocycles. The Hall–Kier alpha value is -2.38. The summed E-state index contributed by atoms with van der Waals surface area (Å²) in [5.41, 5.74) is 1.90. The van der Waals surface area contributed by atoms with Crippen LogP contribution < -0.4 is 10.0 Å². The molecular formula is C20H27N3O3S. The molecule has 0 atom stereocenters. The number of hydrogen-bond donors (Lipinski definition) is 2. The highest BCUT2D eigenvalue weighted by Crippen LogP contribution is 2.17. The Morgan fingerprint density at radius 3 is 2.11 bits per heavy atom. The standard InChI is InChI=1S/C20H27N3O3S/c1-4-23(5-2)15-14-21-20(24)17-8-10-18(11-9-17)22-27(25,26)19-12-6-16(3)7-13-19/h6-13,22H,4-5,14-15H2,1-3H3,(H,21,24). The smallest absolute Gasteiger partial charge is 0.261 e. The zero-order chi connectivity index (χ0) is 19.9. The molecule has 2 N–H and O–H groups in total. The number of carbonyl (C=O) groups excluding carboxylic acids is 1. The van der Waals surface area contributed by atoms with Gasteiger partial charge in [-0.15, -0.1) is 0 Å². The summed E-state index contributed by atoms with van der Waals surface area (Å²) in [5.74, 6) is -0.171. The normalized spacial score (nSPS) is 11.4. The molecule has 27 heavy (non-hydrogen) atoms. The average molecular weight is 390 g/mol. The fraction of sp³-hybridized carbons (Fsp3) is 0.350. The van der Waals surface area contributed by atoms with Crippen molar-refractivity contribution >= 4 is 21.6 Å². The zero-order valence-corrected chi connectivity index (χ0v) is 16.8. The maximum Gasteiger partial charge on any atom is 0.261 e. The summed E-state index contributed by atoms with van der Waals surface area (Å²) in [7, 11) is -3.65. The van der Waals surface area contributed by atoms with E-state index >= 15 is 0 Å². The molecule has 0 bridgehead atoms. The van der Waals surface area contributed by atoms with Gasteiger partial charge in [-0.1, -0.05) is 31.5 Å². The van der Waals surface area contributed by atoms with Gasteiger partial charge in [-0.25, -0.2) is 8.42 Å². The van der Waals surface area contributed by atoms with Crippen LogP contribution in [0.15, 0.2) is 53.4 Å². The molecule has 0 aliphatic heterocycles. The minimum atomic E-state index is -3.65. The number of hydrogen-bond acceptors (Lipinski definition) is 4. The van der Waals surface area contributed by atoms with Crippen LogP contribution in [-0.2, 0) is 10.0 Å². The summed E-state index contributed by atoms with van der Waals surface area (Å²) in [6.45, 7) is 9.33. The Morgan fingerprint density at radius 2 is 1.56 bits per heavy atom. The monoisotopic (exact) mass is 389 g/mol. The first-order chi connectivity index (χ1) is 12.9. The highest BCUT2D eigenvalue weighted by molar-refractivity contribution is 7.92. The highest BCUT2D eigenvalue weighted by Gasteiger charge is 2.14. The zero-order valence-electron chi connectivity index (χ0n) is 16.0. The number of anilines is 1. The van der Waals surface area contributed by atoms with Crippen molar-refractivity contribution in [3.8, 4) is 0 Å². The Kier molecular flexibility index (Phi) is 7.38. The fourth-order valence-corrected chi connectivity index (χ4v) is 3.65. The minimum absolute atomic E-state index is 0.171. The first kappa shape index (κ1) is 20.9. The number of rotatable bonds is 9. The molecule has 2 aromatic rings. The van der Waals surface area contributed by atoms with Crippen molar-refractivity contribution in [2.24, 2.45) is 0 Å². The second-order valence-electron chi connectivity index (χ2n) is 6.28. The molecule has 1 amide bonds. The first-order valence-corrected chi connectivity index (χ1v) is 10.5. The molecule has 2 rings (SSSR count). The molecule has 2 aromatic carbocycles. The lowest BCUT2D eigenvalue weighted by molar-refractivity contribution is 0.0949. The Bertz CT molecular complexity index is 843. The summed E-state index contributed by atoms with van der Waals surface area (Å²) in [6.07, 6.45) is 0. The number of benzene rings is 2. The van der Waals surface area contributed by atoms with Crippen molar-refractivity contribution in [3.05, 3.63) is 59.7 Å². The van der Waals surface area contributed by atoms with E-state index in [1.807, 2.05) is 6.92 Å². The molecule has 6 nitrogen and oxygen atoms in total. The van der Waals surface area contributed by atoms with Crippen molar-refractivity contribution < 1.29 is 13.2 Å². The number of nitrogens with one attached hydrogen (secondary N) is 2. The summed E-state index contributed by atoms with van der Waals surface area (Å²) < 4.78 is 27.3. The van der Waals surface area contributed by atoms with Gasteiger partial charge in [-0.2, -0.15) is 0 Å². The van der Waals surface area contributed by atoms with Gasteiger partial charge in [-0.05, 0) is 56.4 Å². The van der Waals surface area contributed by atoms with Crippen LogP contribution in [0.4, 0.5) is 5.69 Å². The number of likely N-dealkylation sites (N-methyl/N-ethyl adjacent to an activating group) is 1. The number of amides is 1. The van der Waals surface area contributed by atoms with E-state index in [2.05, 4.69) is 28.8 Å². The van der Waals surface area contributed by atoms with Crippen molar-refractivity contribution in [2.75, 3.05) is 30.9 Å². The van der Waals surface area contributed by atoms with Crippen LogP contribution in [0.1, 0.15) is 29.8 Å². The topological polar surface area (TPSA) is 78.5 Å². The van der Waals surface area contributed by atoms with E-state index in [4.69, 9.17) is 0 Å². The summed E-state index contributed by atoms with van der Waals surface area (Å²) in [6, 6.07) is 13.0. The third-order valence-corrected chi connectivity index (χ3v) is 5.74. The first-order valence-electron chi connectivity index (χ1n) is 9.05. The van der Waals surface area contributed by atoms with Gasteiger partial charge < -0.3 is 10.2 Å². The number of carbonyl (C=O) groups is 1. The molecule has 0 radical (unpaired) electrons. The maximum atomic E-state index is 12.4. The van der Waals surface area contributed by atoms with Gasteiger partial charge in [0.1, 0.15) is 0 Å². The van der Waals surface area contributed by atoms with E-state index in [-0.39, 0.29) is 10.8 Å². The molecule has 0 aliphatic rings. The van der Waals surface area contributed by atoms with Gasteiger partial charge >= 0.3 is 0 Å². The molecule has 0 aliphatic carbocycles. The predicted octanol–water partition coefficient (Wildman–Crippen LogP) is 2.87. The predicted molar refractivity (Wildman–Crippen MR) is 109 cm³/mol. The van der Waals surface area contributed by atoms with Crippen molar-refractivity contribution in [3.63, 3.8) is 0 Å². The van der Waals surface area contributed by atoms with Crippen LogP contribution >= 0.6 is 0 Å². The summed E-state index contributed by atoms with van der Waals surface area (Å²) in [5, 5.41) is 2.88. The Balaban J connectivity index is 1.96. The Labute approximate surface area is 161 Å². The van der Waals surface area contributed by atoms with Crippen LogP contribution in [0.2, 0.25) is 0 Å². The van der Waals surface area contributed by atoms with Crippen LogP contribution in [0.3, 0.4) is 0 Å². The lowest BCUT2D eigenvalue weighted by Gasteiger charge is -2.18. The van der Waals surface area contributed by atoms with E-state index < -0.39 is 10.0 Å². The molecule has 0 spiro atoms. The number of nitrogens with zero attached hydrogens (tertiary/aromatic N) is 1. The van der Waals surface area contributed by atoms with E-state index in [0.717, 1.165) is 25.2 Å². The van der Waals surface area contributed by atoms with E-state index in [9.17, 15) is 13.2 Å². The fourth-order valence-electron chi connectivity index (χ4n) is 2.59. The van der Waals surface area contributed by atoms with Crippen molar-refractivity contribution in [1.29, 1.82) is 0 Å². The number of sulfonamides is 1. The lowest BCUT2D eigenvalue weighted by Crippen LogP contribution is -2.34. The van der Waals surface area contributed by atoms with Crippen molar-refractivity contribution in [2.45, 2.75) is 25.7 Å². The molecular weight excluding hydrogens is 362 g/mol. The molecule has 0 unspecified atom stereocenters. The second-order valence-corrected chi connectivity index (χ2v) is 7.96. The summed E-state index contributed by atoms with van der Waals surface area (Å²) >= 11 is 0. The summed E-state index contributed by atoms with van der Waals surface area (Å²) in [4.78, 5) is 14.6. The molecule has 0 saturated carbocycles. The minimum Gasteiger partial charge on any atom is -0.351 e. The quantitative estimate of drug-likeness (QED) is 0.691. The molecule has 0 saturated heterocycles.